The topological polar surface area (TPSA) is 107 Å². The van der Waals surface area contributed by atoms with E-state index in [9.17, 15) is 14.9 Å². The van der Waals surface area contributed by atoms with Crippen molar-refractivity contribution in [3.8, 4) is 5.75 Å². The normalized spacial score (nSPS) is 10.3. The van der Waals surface area contributed by atoms with Crippen molar-refractivity contribution in [3.63, 3.8) is 0 Å². The van der Waals surface area contributed by atoms with Crippen LogP contribution < -0.4 is 4.74 Å². The minimum absolute atomic E-state index is 0.334. The van der Waals surface area contributed by atoms with Gasteiger partial charge in [0, 0.05) is 13.0 Å². The number of nitro groups is 1. The van der Waals surface area contributed by atoms with Crippen molar-refractivity contribution in [2.45, 2.75) is 13.0 Å². The molecule has 2 aromatic rings. The summed E-state index contributed by atoms with van der Waals surface area (Å²) in [6.45, 7) is 0.737. The maximum atomic E-state index is 10.8. The first kappa shape index (κ1) is 14.5. The Morgan fingerprint density at radius 2 is 2.10 bits per heavy atom. The van der Waals surface area contributed by atoms with Gasteiger partial charge in [-0.1, -0.05) is 18.2 Å². The summed E-state index contributed by atoms with van der Waals surface area (Å²) in [5.41, 5.74) is -1.06. The highest BCUT2D eigenvalue weighted by atomic mass is 16.6. The number of aryl methyl sites for hydroxylation is 1. The van der Waals surface area contributed by atoms with Gasteiger partial charge in [0.25, 0.3) is 0 Å². The lowest BCUT2D eigenvalue weighted by atomic mass is 10.3. The number of carboxylic acids is 1. The molecular formula is C13H13N3O5. The van der Waals surface area contributed by atoms with Crippen LogP contribution in [0.5, 0.6) is 5.75 Å². The van der Waals surface area contributed by atoms with Gasteiger partial charge < -0.3 is 9.84 Å². The summed E-state index contributed by atoms with van der Waals surface area (Å²) in [6.07, 6.45) is 1.67. The van der Waals surface area contributed by atoms with E-state index in [0.29, 0.717) is 19.6 Å². The van der Waals surface area contributed by atoms with Gasteiger partial charge in [0.15, 0.2) is 0 Å². The number of carboxylic acid groups (broad SMARTS) is 1. The van der Waals surface area contributed by atoms with Crippen molar-refractivity contribution < 1.29 is 19.6 Å². The predicted octanol–water partition coefficient (Wildman–Crippen LogP) is 1.96. The van der Waals surface area contributed by atoms with Crippen LogP contribution in [-0.2, 0) is 6.54 Å². The molecule has 1 N–H and O–H groups in total. The lowest BCUT2D eigenvalue weighted by Gasteiger charge is -2.05. The molecule has 1 aromatic carbocycles. The van der Waals surface area contributed by atoms with Gasteiger partial charge in [-0.3, -0.25) is 14.8 Å². The summed E-state index contributed by atoms with van der Waals surface area (Å²) in [4.78, 5) is 20.8. The minimum Gasteiger partial charge on any atom is -0.494 e. The van der Waals surface area contributed by atoms with Gasteiger partial charge in [-0.25, -0.2) is 4.79 Å². The quantitative estimate of drug-likeness (QED) is 0.474. The molecule has 2 rings (SSSR count). The molecule has 0 spiro atoms. The average molecular weight is 291 g/mol. The molecule has 21 heavy (non-hydrogen) atoms. The van der Waals surface area contributed by atoms with Gasteiger partial charge in [-0.15, -0.1) is 0 Å². The van der Waals surface area contributed by atoms with Gasteiger partial charge >= 0.3 is 11.7 Å². The van der Waals surface area contributed by atoms with Crippen LogP contribution in [0.4, 0.5) is 5.69 Å². The van der Waals surface area contributed by atoms with Gasteiger partial charge in [0.2, 0.25) is 5.69 Å². The van der Waals surface area contributed by atoms with E-state index < -0.39 is 22.3 Å². The third-order valence-corrected chi connectivity index (χ3v) is 2.69. The molecule has 0 atom stereocenters. The summed E-state index contributed by atoms with van der Waals surface area (Å²) < 4.78 is 6.71. The van der Waals surface area contributed by atoms with E-state index in [1.807, 2.05) is 30.3 Å². The smallest absolute Gasteiger partial charge is 0.363 e. The molecule has 0 unspecified atom stereocenters. The second-order valence-corrected chi connectivity index (χ2v) is 4.20. The maximum Gasteiger partial charge on any atom is 0.363 e. The van der Waals surface area contributed by atoms with Crippen LogP contribution in [0.1, 0.15) is 16.9 Å². The maximum absolute atomic E-state index is 10.8. The minimum atomic E-state index is -1.42. The SMILES string of the molecule is O=C(O)c1nn(CCCOc2ccccc2)cc1[N+](=O)[O-]. The number of hydrogen-bond acceptors (Lipinski definition) is 5. The first-order valence-corrected chi connectivity index (χ1v) is 6.21. The molecule has 0 aliphatic rings. The lowest BCUT2D eigenvalue weighted by Crippen LogP contribution is -2.06. The van der Waals surface area contributed by atoms with Crippen LogP contribution in [0.3, 0.4) is 0 Å². The third-order valence-electron chi connectivity index (χ3n) is 2.69. The van der Waals surface area contributed by atoms with Gasteiger partial charge in [0.1, 0.15) is 11.9 Å². The highest BCUT2D eigenvalue weighted by Gasteiger charge is 2.24. The summed E-state index contributed by atoms with van der Waals surface area (Å²) in [5, 5.41) is 23.3. The number of nitrogens with zero attached hydrogens (tertiary/aromatic N) is 3. The molecule has 0 bridgehead atoms. The van der Waals surface area contributed by atoms with E-state index in [1.54, 1.807) is 0 Å². The Bertz CT molecular complexity index is 607. The Morgan fingerprint density at radius 3 is 2.67 bits per heavy atom. The van der Waals surface area contributed by atoms with Crippen molar-refractivity contribution in [2.75, 3.05) is 6.61 Å². The van der Waals surface area contributed by atoms with Crippen LogP contribution in [0.25, 0.3) is 0 Å². The largest absolute Gasteiger partial charge is 0.494 e. The number of para-hydroxylation sites is 1. The molecule has 0 amide bonds. The molecule has 0 saturated carbocycles. The summed E-state index contributed by atoms with van der Waals surface area (Å²) in [6, 6.07) is 9.22. The van der Waals surface area contributed by atoms with Crippen LogP contribution in [0, 0.1) is 10.1 Å². The molecule has 8 nitrogen and oxygen atoms in total. The molecule has 1 aromatic heterocycles. The zero-order valence-electron chi connectivity index (χ0n) is 11.0. The van der Waals surface area contributed by atoms with E-state index in [-0.39, 0.29) is 0 Å². The summed E-state index contributed by atoms with van der Waals surface area (Å²) in [5.74, 6) is -0.684. The average Bonchev–Trinajstić information content (AvgIpc) is 2.89. The second-order valence-electron chi connectivity index (χ2n) is 4.20. The monoisotopic (exact) mass is 291 g/mol. The standard InChI is InChI=1S/C13H13N3O5/c17-13(18)12-11(16(19)20)9-15(14-12)7-4-8-21-10-5-2-1-3-6-10/h1-3,5-6,9H,4,7-8H2,(H,17,18). The Hall–Kier alpha value is -2.90. The Balaban J connectivity index is 1.90. The number of aromatic carboxylic acids is 1. The van der Waals surface area contributed by atoms with Gasteiger partial charge in [-0.2, -0.15) is 5.10 Å². The number of carbonyl (C=O) groups is 1. The van der Waals surface area contributed by atoms with Gasteiger partial charge in [-0.05, 0) is 12.1 Å². The van der Waals surface area contributed by atoms with Crippen molar-refractivity contribution in [1.29, 1.82) is 0 Å². The molecule has 0 fully saturated rings. The number of rotatable bonds is 7. The molecule has 0 saturated heterocycles. The fourth-order valence-electron chi connectivity index (χ4n) is 1.74. The third kappa shape index (κ3) is 3.78. The Kier molecular flexibility index (Phi) is 4.50. The lowest BCUT2D eigenvalue weighted by molar-refractivity contribution is -0.385. The van der Waals surface area contributed by atoms with Crippen molar-refractivity contribution in [3.05, 3.63) is 52.3 Å². The zero-order chi connectivity index (χ0) is 15.2. The van der Waals surface area contributed by atoms with Crippen LogP contribution >= 0.6 is 0 Å². The van der Waals surface area contributed by atoms with Crippen LogP contribution in [0.15, 0.2) is 36.5 Å². The first-order valence-electron chi connectivity index (χ1n) is 6.21. The van der Waals surface area contributed by atoms with E-state index >= 15 is 0 Å². The summed E-state index contributed by atoms with van der Waals surface area (Å²) in [7, 11) is 0. The van der Waals surface area contributed by atoms with E-state index in [1.165, 1.54) is 4.68 Å². The van der Waals surface area contributed by atoms with Crippen molar-refractivity contribution >= 4 is 11.7 Å². The number of hydrogen-bond donors (Lipinski definition) is 1. The molecule has 1 heterocycles. The van der Waals surface area contributed by atoms with Crippen LogP contribution in [-0.4, -0.2) is 32.4 Å². The Morgan fingerprint density at radius 1 is 1.38 bits per heavy atom. The number of benzene rings is 1. The molecule has 0 aliphatic carbocycles. The number of ether oxygens (including phenoxy) is 1. The molecular weight excluding hydrogens is 278 g/mol. The number of aromatic nitrogens is 2. The van der Waals surface area contributed by atoms with Crippen LogP contribution in [0.2, 0.25) is 0 Å². The highest BCUT2D eigenvalue weighted by molar-refractivity contribution is 5.89. The second kappa shape index (κ2) is 6.51. The molecule has 0 radical (unpaired) electrons. The molecule has 0 aliphatic heterocycles. The molecule has 110 valence electrons. The fraction of sp³-hybridized carbons (Fsp3) is 0.231. The summed E-state index contributed by atoms with van der Waals surface area (Å²) >= 11 is 0. The fourth-order valence-corrected chi connectivity index (χ4v) is 1.74. The zero-order valence-corrected chi connectivity index (χ0v) is 11.0. The van der Waals surface area contributed by atoms with Crippen molar-refractivity contribution in [2.24, 2.45) is 0 Å². The Labute approximate surface area is 119 Å². The van der Waals surface area contributed by atoms with Crippen molar-refractivity contribution in [1.82, 2.24) is 9.78 Å². The van der Waals surface area contributed by atoms with E-state index in [0.717, 1.165) is 11.9 Å². The predicted molar refractivity (Wildman–Crippen MR) is 72.4 cm³/mol. The van der Waals surface area contributed by atoms with E-state index in [4.69, 9.17) is 9.84 Å². The first-order chi connectivity index (χ1) is 10.1. The van der Waals surface area contributed by atoms with Gasteiger partial charge in [0.05, 0.1) is 11.5 Å². The van der Waals surface area contributed by atoms with E-state index in [2.05, 4.69) is 5.10 Å². The highest BCUT2D eigenvalue weighted by Crippen LogP contribution is 2.16. The molecule has 8 heteroatoms.